The number of aromatic nitrogens is 1. The zero-order chi connectivity index (χ0) is 17.0. The molecule has 0 aromatic carbocycles. The Bertz CT molecular complexity index is 508. The van der Waals surface area contributed by atoms with Crippen LogP contribution in [0.1, 0.15) is 44.6 Å². The van der Waals surface area contributed by atoms with Gasteiger partial charge < -0.3 is 20.1 Å². The van der Waals surface area contributed by atoms with Gasteiger partial charge in [0.1, 0.15) is 6.61 Å². The van der Waals surface area contributed by atoms with Crippen molar-refractivity contribution in [1.29, 1.82) is 0 Å². The minimum Gasteiger partial charge on any atom is -0.475 e. The van der Waals surface area contributed by atoms with E-state index >= 15 is 0 Å². The van der Waals surface area contributed by atoms with E-state index in [0.29, 0.717) is 31.7 Å². The van der Waals surface area contributed by atoms with E-state index in [-0.39, 0.29) is 24.0 Å². The summed E-state index contributed by atoms with van der Waals surface area (Å²) in [6, 6.07) is 4.45. The lowest BCUT2D eigenvalue weighted by Crippen LogP contribution is -2.44. The highest BCUT2D eigenvalue weighted by molar-refractivity contribution is 14.0. The number of pyridine rings is 1. The molecule has 6 nitrogen and oxygen atoms in total. The van der Waals surface area contributed by atoms with Crippen molar-refractivity contribution in [3.05, 3.63) is 23.9 Å². The number of ether oxygens (including phenoxy) is 2. The van der Waals surface area contributed by atoms with Gasteiger partial charge in [-0.05, 0) is 25.8 Å². The molecule has 1 saturated carbocycles. The van der Waals surface area contributed by atoms with Gasteiger partial charge in [0.25, 0.3) is 0 Å². The summed E-state index contributed by atoms with van der Waals surface area (Å²) in [5, 5.41) is 6.89. The van der Waals surface area contributed by atoms with Crippen LogP contribution in [0.2, 0.25) is 0 Å². The van der Waals surface area contributed by atoms with Gasteiger partial charge in [0.15, 0.2) is 5.96 Å². The fraction of sp³-hybridized carbons (Fsp3) is 0.667. The number of rotatable bonds is 8. The fourth-order valence-electron chi connectivity index (χ4n) is 2.82. The molecule has 0 bridgehead atoms. The molecule has 1 fully saturated rings. The zero-order valence-corrected chi connectivity index (χ0v) is 17.6. The van der Waals surface area contributed by atoms with E-state index in [0.717, 1.165) is 18.1 Å². The van der Waals surface area contributed by atoms with Gasteiger partial charge in [0.05, 0.1) is 13.2 Å². The number of aliphatic imine (C=N–C) groups is 1. The molecule has 1 aromatic rings. The molecular formula is C18H31IN4O2. The SMILES string of the molecule is CCNC(=NCc1cccnc1OCCOC)NC1CCCCC1.I. The van der Waals surface area contributed by atoms with E-state index in [9.17, 15) is 0 Å². The van der Waals surface area contributed by atoms with Crippen molar-refractivity contribution in [1.82, 2.24) is 15.6 Å². The lowest BCUT2D eigenvalue weighted by atomic mass is 9.96. The number of hydrogen-bond donors (Lipinski definition) is 2. The summed E-state index contributed by atoms with van der Waals surface area (Å²) in [5.74, 6) is 1.50. The second-order valence-corrected chi connectivity index (χ2v) is 5.98. The molecule has 0 radical (unpaired) electrons. The van der Waals surface area contributed by atoms with Gasteiger partial charge in [0.2, 0.25) is 5.88 Å². The zero-order valence-electron chi connectivity index (χ0n) is 15.3. The second kappa shape index (κ2) is 13.2. The number of halogens is 1. The Morgan fingerprint density at radius 3 is 2.80 bits per heavy atom. The van der Waals surface area contributed by atoms with Crippen molar-refractivity contribution < 1.29 is 9.47 Å². The van der Waals surface area contributed by atoms with E-state index in [1.165, 1.54) is 32.1 Å². The maximum absolute atomic E-state index is 5.67. The van der Waals surface area contributed by atoms with Crippen LogP contribution in [0.15, 0.2) is 23.3 Å². The molecule has 142 valence electrons. The highest BCUT2D eigenvalue weighted by atomic mass is 127. The smallest absolute Gasteiger partial charge is 0.218 e. The molecule has 2 N–H and O–H groups in total. The highest BCUT2D eigenvalue weighted by Crippen LogP contribution is 2.18. The normalized spacial score (nSPS) is 15.4. The van der Waals surface area contributed by atoms with Crippen LogP contribution in [0.3, 0.4) is 0 Å². The molecule has 1 aliphatic rings. The van der Waals surface area contributed by atoms with E-state index in [1.54, 1.807) is 13.3 Å². The average Bonchev–Trinajstić information content (AvgIpc) is 2.62. The van der Waals surface area contributed by atoms with E-state index < -0.39 is 0 Å². The third-order valence-corrected chi connectivity index (χ3v) is 4.07. The van der Waals surface area contributed by atoms with Gasteiger partial charge in [-0.25, -0.2) is 9.98 Å². The average molecular weight is 462 g/mol. The summed E-state index contributed by atoms with van der Waals surface area (Å²) in [7, 11) is 1.66. The minimum absolute atomic E-state index is 0. The van der Waals surface area contributed by atoms with Gasteiger partial charge in [-0.15, -0.1) is 24.0 Å². The third kappa shape index (κ3) is 8.22. The summed E-state index contributed by atoms with van der Waals surface area (Å²) in [4.78, 5) is 9.01. The monoisotopic (exact) mass is 462 g/mol. The predicted molar refractivity (Wildman–Crippen MR) is 112 cm³/mol. The number of hydrogen-bond acceptors (Lipinski definition) is 4. The van der Waals surface area contributed by atoms with Gasteiger partial charge in [0, 0.05) is 31.5 Å². The van der Waals surface area contributed by atoms with Crippen LogP contribution in [0.4, 0.5) is 0 Å². The molecule has 0 atom stereocenters. The summed E-state index contributed by atoms with van der Waals surface area (Å²) in [5.41, 5.74) is 0.981. The molecule has 0 unspecified atom stereocenters. The molecule has 1 aromatic heterocycles. The molecule has 2 rings (SSSR count). The van der Waals surface area contributed by atoms with Crippen molar-refractivity contribution in [2.24, 2.45) is 4.99 Å². The Morgan fingerprint density at radius 1 is 1.28 bits per heavy atom. The molecule has 25 heavy (non-hydrogen) atoms. The van der Waals surface area contributed by atoms with Crippen LogP contribution in [-0.4, -0.2) is 43.9 Å². The lowest BCUT2D eigenvalue weighted by Gasteiger charge is -2.24. The van der Waals surface area contributed by atoms with Crippen LogP contribution >= 0.6 is 24.0 Å². The van der Waals surface area contributed by atoms with Gasteiger partial charge >= 0.3 is 0 Å². The Morgan fingerprint density at radius 2 is 2.08 bits per heavy atom. The molecule has 0 aliphatic heterocycles. The summed E-state index contributed by atoms with van der Waals surface area (Å²) >= 11 is 0. The first kappa shape index (κ1) is 22.0. The van der Waals surface area contributed by atoms with Crippen molar-refractivity contribution in [3.63, 3.8) is 0 Å². The third-order valence-electron chi connectivity index (χ3n) is 4.07. The van der Waals surface area contributed by atoms with Crippen molar-refractivity contribution in [2.45, 2.75) is 51.6 Å². The summed E-state index contributed by atoms with van der Waals surface area (Å²) < 4.78 is 10.7. The number of nitrogens with one attached hydrogen (secondary N) is 2. The van der Waals surface area contributed by atoms with E-state index in [4.69, 9.17) is 14.5 Å². The Labute approximate surface area is 168 Å². The molecule has 1 aliphatic carbocycles. The van der Waals surface area contributed by atoms with Crippen molar-refractivity contribution in [2.75, 3.05) is 26.9 Å². The van der Waals surface area contributed by atoms with Crippen LogP contribution in [0.5, 0.6) is 5.88 Å². The second-order valence-electron chi connectivity index (χ2n) is 5.98. The molecule has 0 spiro atoms. The van der Waals surface area contributed by atoms with E-state index in [1.807, 2.05) is 12.1 Å². The van der Waals surface area contributed by atoms with Gasteiger partial charge in [-0.2, -0.15) is 0 Å². The summed E-state index contributed by atoms with van der Waals surface area (Å²) in [6.07, 6.45) is 8.14. The molecule has 0 saturated heterocycles. The van der Waals surface area contributed by atoms with Crippen LogP contribution in [0, 0.1) is 0 Å². The maximum Gasteiger partial charge on any atom is 0.218 e. The summed E-state index contributed by atoms with van der Waals surface area (Å²) in [6.45, 7) is 4.51. The standard InChI is InChI=1S/C18H30N4O2.HI/c1-3-19-18(22-16-9-5-4-6-10-16)21-14-15-8-7-11-20-17(15)24-13-12-23-2;/h7-8,11,16H,3-6,9-10,12-14H2,1-2H3,(H2,19,21,22);1H. The Hall–Kier alpha value is -1.09. The first-order valence-corrected chi connectivity index (χ1v) is 8.94. The Kier molecular flexibility index (Phi) is 11.6. The molecular weight excluding hydrogens is 431 g/mol. The van der Waals surface area contributed by atoms with Crippen LogP contribution in [-0.2, 0) is 11.3 Å². The molecule has 7 heteroatoms. The minimum atomic E-state index is 0. The predicted octanol–water partition coefficient (Wildman–Crippen LogP) is 3.11. The highest BCUT2D eigenvalue weighted by Gasteiger charge is 2.14. The fourth-order valence-corrected chi connectivity index (χ4v) is 2.82. The van der Waals surface area contributed by atoms with Crippen molar-refractivity contribution in [3.8, 4) is 5.88 Å². The maximum atomic E-state index is 5.67. The van der Waals surface area contributed by atoms with Gasteiger partial charge in [-0.3, -0.25) is 0 Å². The number of nitrogens with zero attached hydrogens (tertiary/aromatic N) is 2. The first-order chi connectivity index (χ1) is 11.8. The Balaban J connectivity index is 0.00000312. The largest absolute Gasteiger partial charge is 0.475 e. The van der Waals surface area contributed by atoms with Crippen LogP contribution < -0.4 is 15.4 Å². The lowest BCUT2D eigenvalue weighted by molar-refractivity contribution is 0.143. The molecule has 0 amide bonds. The topological polar surface area (TPSA) is 67.8 Å². The quantitative estimate of drug-likeness (QED) is 0.269. The first-order valence-electron chi connectivity index (χ1n) is 8.94. The van der Waals surface area contributed by atoms with E-state index in [2.05, 4.69) is 22.5 Å². The van der Waals surface area contributed by atoms with Gasteiger partial charge in [-0.1, -0.05) is 25.3 Å². The van der Waals surface area contributed by atoms with Crippen LogP contribution in [0.25, 0.3) is 0 Å². The number of guanidine groups is 1. The van der Waals surface area contributed by atoms with Crippen molar-refractivity contribution >= 4 is 29.9 Å². The number of methoxy groups -OCH3 is 1. The molecule has 1 heterocycles.